The molecule has 9 aliphatic heterocycles. The molecule has 6 aromatic heterocycles. The summed E-state index contributed by atoms with van der Waals surface area (Å²) >= 11 is 0. The van der Waals surface area contributed by atoms with Gasteiger partial charge in [0.15, 0.2) is 29.6 Å². The highest BCUT2D eigenvalue weighted by atomic mass is 16.6. The lowest BCUT2D eigenvalue weighted by Gasteiger charge is -2.37. The molecule has 27 heteroatoms. The van der Waals surface area contributed by atoms with E-state index in [1.807, 2.05) is 173 Å². The number of benzene rings is 9. The molecular weight excluding hydrogens is 1390 g/mol. The second-order valence-electron chi connectivity index (χ2n) is 29.8. The molecule has 3 fully saturated rings. The van der Waals surface area contributed by atoms with Crippen LogP contribution in [0.15, 0.2) is 146 Å². The summed E-state index contributed by atoms with van der Waals surface area (Å²) in [4.78, 5) is 92.5. The Balaban J connectivity index is 0.000000100. The quantitative estimate of drug-likeness (QED) is 0.0463. The van der Waals surface area contributed by atoms with Gasteiger partial charge in [-0.1, -0.05) is 109 Å². The van der Waals surface area contributed by atoms with E-state index in [1.165, 1.54) is 21.3 Å². The van der Waals surface area contributed by atoms with Crippen molar-refractivity contribution in [1.29, 1.82) is 0 Å². The zero-order valence-corrected chi connectivity index (χ0v) is 58.1. The molecular formula is C81H61N9O18. The third kappa shape index (κ3) is 6.82. The lowest BCUT2D eigenvalue weighted by atomic mass is 9.88. The molecule has 538 valence electrons. The molecule has 8 N–H and O–H groups in total. The Morgan fingerprint density at radius 2 is 0.620 bits per heavy atom. The molecule has 3 saturated heterocycles. The molecule has 27 nitrogen and oxygen atoms in total. The van der Waals surface area contributed by atoms with E-state index in [0.29, 0.717) is 93.4 Å². The predicted molar refractivity (Wildman–Crippen MR) is 390 cm³/mol. The topological polar surface area (TPSA) is 342 Å². The average Bonchev–Trinajstić information content (AvgIpc) is 1.50. The number of nitrogens with zero attached hydrogens (tertiary/aromatic N) is 6. The molecule has 0 aliphatic carbocycles. The normalized spacial score (nSPS) is 27.7. The maximum Gasteiger partial charge on any atom is 0.343 e. The number of methoxy groups -OCH3 is 3. The molecule has 4 amide bonds. The van der Waals surface area contributed by atoms with Crippen LogP contribution in [0, 0.1) is 0 Å². The zero-order valence-electron chi connectivity index (χ0n) is 58.1. The molecule has 9 aliphatic rings. The van der Waals surface area contributed by atoms with Crippen LogP contribution < -0.4 is 16.0 Å². The Kier molecular flexibility index (Phi) is 11.8. The predicted octanol–water partition coefficient (Wildman–Crippen LogP) is 9.59. The number of ether oxygens (including phenoxy) is 6. The highest BCUT2D eigenvalue weighted by molar-refractivity contribution is 6.40. The van der Waals surface area contributed by atoms with E-state index in [9.17, 15) is 59.1 Å². The first-order valence-electron chi connectivity index (χ1n) is 35.3. The number of imide groups is 1. The first-order chi connectivity index (χ1) is 51.9. The zero-order chi connectivity index (χ0) is 74.2. The lowest BCUT2D eigenvalue weighted by Crippen LogP contribution is -2.56. The van der Waals surface area contributed by atoms with Gasteiger partial charge in [-0.2, -0.15) is 0 Å². The van der Waals surface area contributed by atoms with Gasteiger partial charge in [-0.05, 0) is 57.2 Å². The first-order valence-corrected chi connectivity index (χ1v) is 35.3. The van der Waals surface area contributed by atoms with Crippen LogP contribution in [0.5, 0.6) is 0 Å². The highest BCUT2D eigenvalue weighted by Crippen LogP contribution is 2.63. The number of hydrogen-bond donors (Lipinski definition) is 8. The Labute approximate surface area is 605 Å². The number of esters is 3. The number of rotatable bonds is 3. The van der Waals surface area contributed by atoms with E-state index in [0.717, 1.165) is 70.8 Å². The molecule has 24 rings (SSSR count). The number of carbonyl (C=O) groups is 7. The summed E-state index contributed by atoms with van der Waals surface area (Å²) in [5.41, 5.74) is 0.547. The Hall–Kier alpha value is -12.1. The Morgan fingerprint density at radius 1 is 0.370 bits per heavy atom. The smallest absolute Gasteiger partial charge is 0.343 e. The van der Waals surface area contributed by atoms with Crippen molar-refractivity contribution in [3.63, 3.8) is 0 Å². The summed E-state index contributed by atoms with van der Waals surface area (Å²) in [7, 11) is 3.74. The monoisotopic (exact) mass is 1450 g/mol. The number of para-hydroxylation sites is 6. The largest absolute Gasteiger partial charge is 0.467 e. The number of fused-ring (bicyclic) bond motifs is 39. The maximum absolute atomic E-state index is 13.3. The highest BCUT2D eigenvalue weighted by Gasteiger charge is 2.69. The van der Waals surface area contributed by atoms with E-state index in [2.05, 4.69) is 16.0 Å². The summed E-state index contributed by atoms with van der Waals surface area (Å²) in [6.45, 7) is 5.07. The van der Waals surface area contributed by atoms with Crippen LogP contribution in [-0.4, -0.2) is 133 Å². The molecule has 0 saturated carbocycles. The van der Waals surface area contributed by atoms with Crippen LogP contribution in [0.2, 0.25) is 0 Å². The standard InChI is InChI=1S/2C27H21N3O6.C27H19N3O6/c3*1-26-27(34,25(33)35-2)11-16(36-26)29-14-9-5-3-7-12(14)17-19-20(24(32)28-23(19)31)18-13-8-4-6-10-15(13)30(26)22(18)21(17)29/h3-10,16,24,32,34H,11H2,1-2H3,(H,28,31);3-10,16,23,31,34H,11H2,1-2H3,(H,28,32);3-10,16,34H,11H2,1-2H3,(H,28,31,32)/t16?,24?,26-,27-;16?,23?,26-,27-;16?,26-,27-/m000/s1. The third-order valence-corrected chi connectivity index (χ3v) is 25.1. The number of aliphatic hydroxyl groups is 5. The first kappa shape index (κ1) is 63.2. The van der Waals surface area contributed by atoms with Crippen LogP contribution in [0.1, 0.15) is 124 Å². The summed E-state index contributed by atoms with van der Waals surface area (Å²) in [5.74, 6) is -4.00. The molecule has 15 heterocycles. The number of carbonyl (C=O) groups excluding carboxylic acids is 7. The molecule has 108 heavy (non-hydrogen) atoms. The summed E-state index contributed by atoms with van der Waals surface area (Å²) in [6, 6.07) is 45.5. The molecule has 9 aromatic carbocycles. The van der Waals surface area contributed by atoms with E-state index in [-0.39, 0.29) is 31.1 Å². The number of nitrogens with one attached hydrogen (secondary N) is 3. The van der Waals surface area contributed by atoms with Crippen molar-refractivity contribution in [3.8, 4) is 0 Å². The van der Waals surface area contributed by atoms with Gasteiger partial charge < -0.3 is 92.0 Å². The van der Waals surface area contributed by atoms with Crippen LogP contribution in [0.25, 0.3) is 131 Å². The Bertz CT molecular complexity index is 6950. The fourth-order valence-corrected chi connectivity index (χ4v) is 20.7. The van der Waals surface area contributed by atoms with Gasteiger partial charge in [0, 0.05) is 95.0 Å². The number of amides is 4. The van der Waals surface area contributed by atoms with Crippen molar-refractivity contribution in [2.24, 2.45) is 0 Å². The second kappa shape index (κ2) is 20.1. The van der Waals surface area contributed by atoms with Crippen molar-refractivity contribution in [3.05, 3.63) is 179 Å². The van der Waals surface area contributed by atoms with Gasteiger partial charge in [-0.25, -0.2) is 14.4 Å². The molecule has 5 unspecified atom stereocenters. The summed E-state index contributed by atoms with van der Waals surface area (Å²) in [5, 5.41) is 74.6. The second-order valence-corrected chi connectivity index (χ2v) is 29.8. The Morgan fingerprint density at radius 3 is 0.963 bits per heavy atom. The van der Waals surface area contributed by atoms with Gasteiger partial charge in [-0.3, -0.25) is 24.5 Å². The fourth-order valence-electron chi connectivity index (χ4n) is 20.7. The van der Waals surface area contributed by atoms with E-state index in [1.54, 1.807) is 20.8 Å². The average molecular weight is 1450 g/mol. The molecule has 0 spiro atoms. The van der Waals surface area contributed by atoms with Crippen molar-refractivity contribution in [2.75, 3.05) is 21.3 Å². The minimum absolute atomic E-state index is 0.0335. The van der Waals surface area contributed by atoms with Crippen molar-refractivity contribution < 1.29 is 87.5 Å². The van der Waals surface area contributed by atoms with Gasteiger partial charge in [0.05, 0.1) is 110 Å². The maximum atomic E-state index is 13.3. The SMILES string of the molecule is COC(=O)[C@@]1(O)CC2O[C@]1(C)n1c3ccccc3c3c4c(c5c6ccccc6n2c5c31)C(=O)NC4=O.COC(=O)[C@@]1(O)CC2O[C@]1(C)n1c3ccccc3c3c4c(c5c6ccccc6n2c5c31)C(=O)NC4O.COC(=O)[C@@]1(O)CC2O[C@]1(C)n1c3ccccc3c3c4c(c5c6ccccc6n2c5c31)C(O)NC4=O. The van der Waals surface area contributed by atoms with Gasteiger partial charge in [0.2, 0.25) is 16.8 Å². The van der Waals surface area contributed by atoms with Gasteiger partial charge in [0.25, 0.3) is 23.6 Å². The van der Waals surface area contributed by atoms with Gasteiger partial charge in [0.1, 0.15) is 18.7 Å². The van der Waals surface area contributed by atoms with Crippen LogP contribution >= 0.6 is 0 Å². The summed E-state index contributed by atoms with van der Waals surface area (Å²) in [6.07, 6.45) is -4.65. The third-order valence-electron chi connectivity index (χ3n) is 25.1. The van der Waals surface area contributed by atoms with E-state index >= 15 is 0 Å². The van der Waals surface area contributed by atoms with Crippen molar-refractivity contribution >= 4 is 172 Å². The minimum Gasteiger partial charge on any atom is -0.467 e. The lowest BCUT2D eigenvalue weighted by molar-refractivity contribution is -0.203. The minimum atomic E-state index is -2.02. The van der Waals surface area contributed by atoms with E-state index in [4.69, 9.17) is 28.4 Å². The number of aromatic nitrogens is 6. The van der Waals surface area contributed by atoms with Crippen molar-refractivity contribution in [1.82, 2.24) is 43.4 Å². The van der Waals surface area contributed by atoms with Gasteiger partial charge in [-0.15, -0.1) is 0 Å². The summed E-state index contributed by atoms with van der Waals surface area (Å²) < 4.78 is 46.6. The van der Waals surface area contributed by atoms with Crippen LogP contribution in [0.3, 0.4) is 0 Å². The molecule has 11 atom stereocenters. The van der Waals surface area contributed by atoms with Crippen molar-refractivity contribution in [2.45, 2.75) is 105 Å². The van der Waals surface area contributed by atoms with E-state index < -0.39 is 94.8 Å². The molecule has 6 bridgehead atoms. The fraction of sp³-hybridized carbons (Fsp3) is 0.247. The van der Waals surface area contributed by atoms with Crippen LogP contribution in [0.4, 0.5) is 0 Å². The van der Waals surface area contributed by atoms with Gasteiger partial charge >= 0.3 is 17.9 Å². The molecule has 15 aromatic rings. The number of hydrogen-bond acceptors (Lipinski definition) is 18. The number of aliphatic hydroxyl groups excluding tert-OH is 2. The van der Waals surface area contributed by atoms with Crippen LogP contribution in [-0.2, 0) is 60.0 Å². The molecule has 0 radical (unpaired) electrons.